The van der Waals surface area contributed by atoms with Crippen molar-refractivity contribution in [3.05, 3.63) is 22.5 Å². The summed E-state index contributed by atoms with van der Waals surface area (Å²) in [6, 6.07) is 0. The second-order valence-corrected chi connectivity index (χ2v) is 4.88. The Hall–Kier alpha value is -1.20. The van der Waals surface area contributed by atoms with Gasteiger partial charge in [0, 0.05) is 11.9 Å². The van der Waals surface area contributed by atoms with Crippen LogP contribution in [-0.2, 0) is 6.54 Å². The zero-order valence-electron chi connectivity index (χ0n) is 10.4. The summed E-state index contributed by atoms with van der Waals surface area (Å²) in [6.07, 6.45) is 1.14. The number of hydrogen-bond acceptors (Lipinski definition) is 5. The van der Waals surface area contributed by atoms with Crippen LogP contribution in [0, 0.1) is 13.8 Å². The number of aryl methyl sites for hydroxylation is 2. The summed E-state index contributed by atoms with van der Waals surface area (Å²) >= 11 is 1.64. The molecule has 2 rings (SSSR count). The topological polar surface area (TPSA) is 51.0 Å². The van der Waals surface area contributed by atoms with Crippen LogP contribution in [0.3, 0.4) is 0 Å². The first-order valence-electron chi connectivity index (χ1n) is 5.80. The second-order valence-electron chi connectivity index (χ2n) is 4.02. The van der Waals surface area contributed by atoms with E-state index in [9.17, 15) is 0 Å². The molecule has 5 heteroatoms. The van der Waals surface area contributed by atoms with Crippen molar-refractivity contribution in [3.63, 3.8) is 0 Å². The molecule has 0 fully saturated rings. The van der Waals surface area contributed by atoms with Gasteiger partial charge in [0.1, 0.15) is 10.8 Å². The Balaban J connectivity index is 2.13. The first-order valence-corrected chi connectivity index (χ1v) is 6.68. The molecule has 0 aliphatic rings. The first-order chi connectivity index (χ1) is 8.22. The maximum Gasteiger partial charge on any atom is 0.144 e. The third-order valence-electron chi connectivity index (χ3n) is 2.53. The quantitative estimate of drug-likeness (QED) is 0.830. The molecule has 4 nitrogen and oxygen atoms in total. The molecule has 17 heavy (non-hydrogen) atoms. The van der Waals surface area contributed by atoms with Crippen LogP contribution in [0.2, 0.25) is 0 Å². The van der Waals surface area contributed by atoms with Crippen molar-refractivity contribution in [1.29, 1.82) is 0 Å². The van der Waals surface area contributed by atoms with E-state index < -0.39 is 0 Å². The molecular formula is C12H17N3OS. The van der Waals surface area contributed by atoms with Crippen LogP contribution in [0.4, 0.5) is 0 Å². The zero-order chi connectivity index (χ0) is 12.3. The normalized spacial score (nSPS) is 11.0. The van der Waals surface area contributed by atoms with Crippen LogP contribution < -0.4 is 5.32 Å². The van der Waals surface area contributed by atoms with Gasteiger partial charge in [-0.3, -0.25) is 0 Å². The smallest absolute Gasteiger partial charge is 0.144 e. The molecule has 1 N–H and O–H groups in total. The fourth-order valence-electron chi connectivity index (χ4n) is 1.68. The fourth-order valence-corrected chi connectivity index (χ4v) is 2.65. The van der Waals surface area contributed by atoms with Crippen molar-refractivity contribution in [2.75, 3.05) is 6.54 Å². The van der Waals surface area contributed by atoms with Crippen LogP contribution >= 0.6 is 11.3 Å². The number of nitrogens with one attached hydrogen (secondary N) is 1. The average molecular weight is 251 g/mol. The van der Waals surface area contributed by atoms with E-state index in [1.165, 1.54) is 0 Å². The van der Waals surface area contributed by atoms with Crippen molar-refractivity contribution in [3.8, 4) is 10.6 Å². The summed E-state index contributed by atoms with van der Waals surface area (Å²) in [5, 5.41) is 10.4. The molecule has 0 bridgehead atoms. The van der Waals surface area contributed by atoms with Gasteiger partial charge in [0.05, 0.1) is 17.0 Å². The maximum absolute atomic E-state index is 5.16. The molecule has 0 saturated carbocycles. The molecule has 0 radical (unpaired) electrons. The maximum atomic E-state index is 5.16. The summed E-state index contributed by atoms with van der Waals surface area (Å²) in [4.78, 5) is 4.60. The van der Waals surface area contributed by atoms with E-state index in [2.05, 4.69) is 27.8 Å². The minimum absolute atomic E-state index is 0.827. The minimum Gasteiger partial charge on any atom is -0.361 e. The number of hydrogen-bond donors (Lipinski definition) is 1. The van der Waals surface area contributed by atoms with Crippen LogP contribution in [-0.4, -0.2) is 16.7 Å². The molecule has 0 aliphatic heterocycles. The molecule has 92 valence electrons. The lowest BCUT2D eigenvalue weighted by atomic mass is 10.2. The van der Waals surface area contributed by atoms with Gasteiger partial charge < -0.3 is 9.84 Å². The van der Waals surface area contributed by atoms with Crippen LogP contribution in [0.15, 0.2) is 9.90 Å². The highest BCUT2D eigenvalue weighted by Gasteiger charge is 2.14. The van der Waals surface area contributed by atoms with E-state index in [1.54, 1.807) is 11.3 Å². The van der Waals surface area contributed by atoms with Crippen LogP contribution in [0.25, 0.3) is 10.6 Å². The summed E-state index contributed by atoms with van der Waals surface area (Å²) in [5.74, 6) is 0.838. The van der Waals surface area contributed by atoms with Crippen molar-refractivity contribution < 1.29 is 4.52 Å². The predicted octanol–water partition coefficient (Wildman–Crippen LogP) is 2.91. The number of rotatable bonds is 5. The van der Waals surface area contributed by atoms with Gasteiger partial charge in [0.2, 0.25) is 0 Å². The molecule has 0 saturated heterocycles. The molecule has 0 unspecified atom stereocenters. The Labute approximate surface area is 105 Å². The van der Waals surface area contributed by atoms with Gasteiger partial charge in [0.15, 0.2) is 0 Å². The van der Waals surface area contributed by atoms with E-state index in [0.29, 0.717) is 0 Å². The Bertz CT molecular complexity index is 470. The van der Waals surface area contributed by atoms with Crippen molar-refractivity contribution in [2.45, 2.75) is 33.7 Å². The van der Waals surface area contributed by atoms with Gasteiger partial charge in [0.25, 0.3) is 0 Å². The van der Waals surface area contributed by atoms with Gasteiger partial charge >= 0.3 is 0 Å². The Kier molecular flexibility index (Phi) is 3.91. The van der Waals surface area contributed by atoms with Gasteiger partial charge in [-0.2, -0.15) is 0 Å². The van der Waals surface area contributed by atoms with E-state index >= 15 is 0 Å². The third-order valence-corrected chi connectivity index (χ3v) is 3.44. The molecule has 0 spiro atoms. The number of nitrogens with zero attached hydrogens (tertiary/aromatic N) is 2. The van der Waals surface area contributed by atoms with Gasteiger partial charge in [-0.1, -0.05) is 12.1 Å². The lowest BCUT2D eigenvalue weighted by Gasteiger charge is -1.98. The summed E-state index contributed by atoms with van der Waals surface area (Å²) in [7, 11) is 0. The number of thiazole rings is 1. The molecular weight excluding hydrogens is 234 g/mol. The monoisotopic (exact) mass is 251 g/mol. The van der Waals surface area contributed by atoms with Gasteiger partial charge in [-0.15, -0.1) is 11.3 Å². The SMILES string of the molecule is CCCNCc1csc(-c2c(C)noc2C)n1. The summed E-state index contributed by atoms with van der Waals surface area (Å²) < 4.78 is 5.16. The van der Waals surface area contributed by atoms with E-state index in [4.69, 9.17) is 4.52 Å². The Morgan fingerprint density at radius 3 is 2.88 bits per heavy atom. The van der Waals surface area contributed by atoms with E-state index in [0.717, 1.165) is 47.2 Å². The second kappa shape index (κ2) is 5.42. The van der Waals surface area contributed by atoms with E-state index in [-0.39, 0.29) is 0 Å². The van der Waals surface area contributed by atoms with Gasteiger partial charge in [-0.05, 0) is 26.8 Å². The fraction of sp³-hybridized carbons (Fsp3) is 0.500. The van der Waals surface area contributed by atoms with E-state index in [1.807, 2.05) is 13.8 Å². The highest BCUT2D eigenvalue weighted by Crippen LogP contribution is 2.29. The van der Waals surface area contributed by atoms with Crippen LogP contribution in [0.5, 0.6) is 0 Å². The summed E-state index contributed by atoms with van der Waals surface area (Å²) in [5.41, 5.74) is 3.03. The molecule has 0 aliphatic carbocycles. The molecule has 2 aromatic heterocycles. The first kappa shape index (κ1) is 12.3. The highest BCUT2D eigenvalue weighted by atomic mass is 32.1. The van der Waals surface area contributed by atoms with Gasteiger partial charge in [-0.25, -0.2) is 4.98 Å². The molecule has 0 atom stereocenters. The van der Waals surface area contributed by atoms with Crippen LogP contribution in [0.1, 0.15) is 30.5 Å². The average Bonchev–Trinajstić information content (AvgIpc) is 2.87. The summed E-state index contributed by atoms with van der Waals surface area (Å²) in [6.45, 7) is 7.88. The highest BCUT2D eigenvalue weighted by molar-refractivity contribution is 7.13. The molecule has 2 aromatic rings. The Morgan fingerprint density at radius 1 is 1.41 bits per heavy atom. The molecule has 0 amide bonds. The Morgan fingerprint density at radius 2 is 2.24 bits per heavy atom. The predicted molar refractivity (Wildman–Crippen MR) is 69.1 cm³/mol. The third kappa shape index (κ3) is 2.73. The van der Waals surface area contributed by atoms with Crippen molar-refractivity contribution in [2.24, 2.45) is 0 Å². The largest absolute Gasteiger partial charge is 0.361 e. The number of aromatic nitrogens is 2. The van der Waals surface area contributed by atoms with Crippen molar-refractivity contribution in [1.82, 2.24) is 15.5 Å². The lowest BCUT2D eigenvalue weighted by molar-refractivity contribution is 0.393. The molecule has 0 aromatic carbocycles. The lowest BCUT2D eigenvalue weighted by Crippen LogP contribution is -2.13. The standard InChI is InChI=1S/C12H17N3OS/c1-4-5-13-6-10-7-17-12(14-10)11-8(2)15-16-9(11)3/h7,13H,4-6H2,1-3H3. The molecule has 2 heterocycles. The zero-order valence-corrected chi connectivity index (χ0v) is 11.2. The van der Waals surface area contributed by atoms with Crippen molar-refractivity contribution >= 4 is 11.3 Å². The minimum atomic E-state index is 0.827.